The first-order valence-corrected chi connectivity index (χ1v) is 6.88. The summed E-state index contributed by atoms with van der Waals surface area (Å²) in [6.07, 6.45) is 1.34. The van der Waals surface area contributed by atoms with Gasteiger partial charge in [0.1, 0.15) is 5.60 Å². The third-order valence-corrected chi connectivity index (χ3v) is 3.54. The molecule has 1 unspecified atom stereocenters. The van der Waals surface area contributed by atoms with Crippen molar-refractivity contribution in [3.63, 3.8) is 0 Å². The molecule has 0 aliphatic rings. The van der Waals surface area contributed by atoms with Crippen molar-refractivity contribution < 1.29 is 9.84 Å². The molecular weight excluding hydrogens is 252 g/mol. The molecule has 20 heavy (non-hydrogen) atoms. The quantitative estimate of drug-likeness (QED) is 0.846. The van der Waals surface area contributed by atoms with Crippen LogP contribution in [0.15, 0.2) is 30.3 Å². The van der Waals surface area contributed by atoms with Gasteiger partial charge in [0.2, 0.25) is 0 Å². The van der Waals surface area contributed by atoms with E-state index in [1.54, 1.807) is 7.11 Å². The summed E-state index contributed by atoms with van der Waals surface area (Å²) in [6.45, 7) is 2.79. The van der Waals surface area contributed by atoms with Gasteiger partial charge in [0.25, 0.3) is 0 Å². The van der Waals surface area contributed by atoms with E-state index in [2.05, 4.69) is 4.98 Å². The first-order valence-electron chi connectivity index (χ1n) is 6.88. The molecular formula is C16H22N2O2. The number of rotatable bonds is 6. The highest BCUT2D eigenvalue weighted by Gasteiger charge is 2.28. The van der Waals surface area contributed by atoms with Gasteiger partial charge in [-0.05, 0) is 50.1 Å². The molecule has 0 radical (unpaired) electrons. The Morgan fingerprint density at radius 1 is 1.30 bits per heavy atom. The van der Waals surface area contributed by atoms with E-state index < -0.39 is 5.60 Å². The topological polar surface area (TPSA) is 68.4 Å². The van der Waals surface area contributed by atoms with Crippen LogP contribution in [0.4, 0.5) is 0 Å². The normalized spacial score (nSPS) is 14.4. The van der Waals surface area contributed by atoms with Crippen molar-refractivity contribution in [1.29, 1.82) is 0 Å². The summed E-state index contributed by atoms with van der Waals surface area (Å²) >= 11 is 0. The second-order valence-corrected chi connectivity index (χ2v) is 5.22. The molecule has 1 heterocycles. The van der Waals surface area contributed by atoms with E-state index in [1.807, 2.05) is 37.3 Å². The summed E-state index contributed by atoms with van der Waals surface area (Å²) in [4.78, 5) is 4.47. The molecule has 0 amide bonds. The molecule has 0 saturated heterocycles. The van der Waals surface area contributed by atoms with Gasteiger partial charge in [-0.25, -0.2) is 0 Å². The summed E-state index contributed by atoms with van der Waals surface area (Å²) in [7, 11) is 1.60. The fourth-order valence-corrected chi connectivity index (χ4v) is 2.45. The first kappa shape index (κ1) is 14.9. The molecule has 4 heteroatoms. The molecule has 1 atom stereocenters. The number of fused-ring (bicyclic) bond motifs is 1. The molecule has 2 rings (SSSR count). The van der Waals surface area contributed by atoms with Gasteiger partial charge in [-0.2, -0.15) is 0 Å². The van der Waals surface area contributed by atoms with Crippen LogP contribution >= 0.6 is 0 Å². The van der Waals surface area contributed by atoms with Crippen LogP contribution in [-0.4, -0.2) is 30.4 Å². The Labute approximate surface area is 119 Å². The zero-order valence-electron chi connectivity index (χ0n) is 12.1. The largest absolute Gasteiger partial charge is 0.383 e. The van der Waals surface area contributed by atoms with Crippen LogP contribution in [0.5, 0.6) is 0 Å². The van der Waals surface area contributed by atoms with Gasteiger partial charge in [-0.3, -0.25) is 4.98 Å². The first-order chi connectivity index (χ1) is 9.59. The van der Waals surface area contributed by atoms with E-state index in [1.165, 1.54) is 0 Å². The van der Waals surface area contributed by atoms with Crippen LogP contribution in [0.25, 0.3) is 10.9 Å². The molecule has 1 aromatic carbocycles. The SMILES string of the molecule is COCC(O)(CCCN)c1ccc2nc(C)ccc2c1. The number of benzene rings is 1. The molecule has 0 spiro atoms. The van der Waals surface area contributed by atoms with Crippen molar-refractivity contribution in [1.82, 2.24) is 4.98 Å². The lowest BCUT2D eigenvalue weighted by Crippen LogP contribution is -2.32. The van der Waals surface area contributed by atoms with Crippen LogP contribution < -0.4 is 5.73 Å². The van der Waals surface area contributed by atoms with Gasteiger partial charge < -0.3 is 15.6 Å². The van der Waals surface area contributed by atoms with Crippen LogP contribution in [0.2, 0.25) is 0 Å². The summed E-state index contributed by atoms with van der Waals surface area (Å²) in [6, 6.07) is 9.85. The number of aromatic nitrogens is 1. The Morgan fingerprint density at radius 2 is 2.10 bits per heavy atom. The van der Waals surface area contributed by atoms with Gasteiger partial charge in [-0.15, -0.1) is 0 Å². The van der Waals surface area contributed by atoms with Crippen LogP contribution in [-0.2, 0) is 10.3 Å². The van der Waals surface area contributed by atoms with Crippen molar-refractivity contribution in [2.45, 2.75) is 25.4 Å². The summed E-state index contributed by atoms with van der Waals surface area (Å²) in [5, 5.41) is 11.9. The van der Waals surface area contributed by atoms with Crippen LogP contribution in [0.3, 0.4) is 0 Å². The molecule has 0 bridgehead atoms. The maximum atomic E-state index is 10.8. The van der Waals surface area contributed by atoms with Crippen molar-refractivity contribution in [2.75, 3.05) is 20.3 Å². The summed E-state index contributed by atoms with van der Waals surface area (Å²) in [5.41, 5.74) is 7.34. The van der Waals surface area contributed by atoms with E-state index in [0.29, 0.717) is 13.0 Å². The zero-order chi connectivity index (χ0) is 14.6. The number of methoxy groups -OCH3 is 1. The average Bonchev–Trinajstić information content (AvgIpc) is 2.45. The molecule has 4 nitrogen and oxygen atoms in total. The lowest BCUT2D eigenvalue weighted by Gasteiger charge is -2.28. The number of aliphatic hydroxyl groups is 1. The van der Waals surface area contributed by atoms with Gasteiger partial charge >= 0.3 is 0 Å². The predicted molar refractivity (Wildman–Crippen MR) is 80.5 cm³/mol. The highest BCUT2D eigenvalue weighted by Crippen LogP contribution is 2.29. The third kappa shape index (κ3) is 3.15. The Morgan fingerprint density at radius 3 is 2.80 bits per heavy atom. The van der Waals surface area contributed by atoms with Gasteiger partial charge in [0.05, 0.1) is 12.1 Å². The molecule has 2 aromatic rings. The van der Waals surface area contributed by atoms with Gasteiger partial charge in [0.15, 0.2) is 0 Å². The number of aryl methyl sites for hydroxylation is 1. The fraction of sp³-hybridized carbons (Fsp3) is 0.438. The molecule has 108 valence electrons. The Balaban J connectivity index is 2.40. The van der Waals surface area contributed by atoms with Crippen LogP contribution in [0.1, 0.15) is 24.1 Å². The summed E-state index contributed by atoms with van der Waals surface area (Å²) in [5.74, 6) is 0. The Kier molecular flexibility index (Phi) is 4.70. The number of pyridine rings is 1. The maximum absolute atomic E-state index is 10.8. The van der Waals surface area contributed by atoms with Crippen molar-refractivity contribution in [2.24, 2.45) is 5.73 Å². The number of nitrogens with two attached hydrogens (primary N) is 1. The maximum Gasteiger partial charge on any atom is 0.113 e. The zero-order valence-corrected chi connectivity index (χ0v) is 12.1. The monoisotopic (exact) mass is 274 g/mol. The number of hydrogen-bond donors (Lipinski definition) is 2. The number of nitrogens with zero attached hydrogens (tertiary/aromatic N) is 1. The lowest BCUT2D eigenvalue weighted by atomic mass is 9.89. The minimum atomic E-state index is -0.993. The number of hydrogen-bond acceptors (Lipinski definition) is 4. The minimum Gasteiger partial charge on any atom is -0.383 e. The summed E-state index contributed by atoms with van der Waals surface area (Å²) < 4.78 is 5.18. The molecule has 0 aliphatic heterocycles. The Hall–Kier alpha value is -1.49. The minimum absolute atomic E-state index is 0.262. The van der Waals surface area contributed by atoms with E-state index in [0.717, 1.165) is 28.6 Å². The smallest absolute Gasteiger partial charge is 0.113 e. The second kappa shape index (κ2) is 6.31. The van der Waals surface area contributed by atoms with E-state index in [-0.39, 0.29) is 6.61 Å². The molecule has 0 saturated carbocycles. The van der Waals surface area contributed by atoms with Crippen LogP contribution in [0, 0.1) is 6.92 Å². The highest BCUT2D eigenvalue weighted by atomic mass is 16.5. The third-order valence-electron chi connectivity index (χ3n) is 3.54. The van der Waals surface area contributed by atoms with Crippen molar-refractivity contribution >= 4 is 10.9 Å². The molecule has 1 aromatic heterocycles. The van der Waals surface area contributed by atoms with Crippen molar-refractivity contribution in [3.05, 3.63) is 41.6 Å². The molecule has 0 aliphatic carbocycles. The second-order valence-electron chi connectivity index (χ2n) is 5.22. The fourth-order valence-electron chi connectivity index (χ4n) is 2.45. The molecule has 0 fully saturated rings. The Bertz CT molecular complexity index is 586. The van der Waals surface area contributed by atoms with Crippen molar-refractivity contribution in [3.8, 4) is 0 Å². The molecule has 3 N–H and O–H groups in total. The van der Waals surface area contributed by atoms with Gasteiger partial charge in [-0.1, -0.05) is 12.1 Å². The highest BCUT2D eigenvalue weighted by molar-refractivity contribution is 5.79. The average molecular weight is 274 g/mol. The lowest BCUT2D eigenvalue weighted by molar-refractivity contribution is -0.0428. The van der Waals surface area contributed by atoms with E-state index in [9.17, 15) is 5.11 Å². The predicted octanol–water partition coefficient (Wildman–Crippen LogP) is 2.12. The number of ether oxygens (including phenoxy) is 1. The van der Waals surface area contributed by atoms with Gasteiger partial charge in [0, 0.05) is 18.2 Å². The van der Waals surface area contributed by atoms with E-state index >= 15 is 0 Å². The van der Waals surface area contributed by atoms with E-state index in [4.69, 9.17) is 10.5 Å². The standard InChI is InChI=1S/C16H22N2O2/c1-12-4-5-13-10-14(6-7-15(13)18-12)16(19,11-20-2)8-3-9-17/h4-7,10,19H,3,8-9,11,17H2,1-2H3.